The second kappa shape index (κ2) is 7.13. The fourth-order valence-corrected chi connectivity index (χ4v) is 2.05. The van der Waals surface area contributed by atoms with Crippen molar-refractivity contribution in [1.29, 1.82) is 0 Å². The fourth-order valence-electron chi connectivity index (χ4n) is 1.78. The molecular formula is C16H16BrNO3. The van der Waals surface area contributed by atoms with Crippen LogP contribution in [0.1, 0.15) is 22.8 Å². The average Bonchev–Trinajstić information content (AvgIpc) is 2.48. The Morgan fingerprint density at radius 1 is 1.19 bits per heavy atom. The Hall–Kier alpha value is -2.01. The van der Waals surface area contributed by atoms with Crippen LogP contribution < -0.4 is 10.5 Å². The van der Waals surface area contributed by atoms with Crippen LogP contribution in [0.15, 0.2) is 46.9 Å². The summed E-state index contributed by atoms with van der Waals surface area (Å²) in [7, 11) is 0. The Morgan fingerprint density at radius 3 is 2.57 bits per heavy atom. The smallest absolute Gasteiger partial charge is 0.341 e. The van der Waals surface area contributed by atoms with Crippen LogP contribution in [-0.4, -0.2) is 12.6 Å². The second-order valence-electron chi connectivity index (χ2n) is 4.39. The SMILES string of the molecule is CCOC(=O)c1cc(N)ccc1OCc1ccc(Br)cc1. The highest BCUT2D eigenvalue weighted by molar-refractivity contribution is 9.10. The lowest BCUT2D eigenvalue weighted by Crippen LogP contribution is -2.08. The highest BCUT2D eigenvalue weighted by atomic mass is 79.9. The average molecular weight is 350 g/mol. The quantitative estimate of drug-likeness (QED) is 0.658. The van der Waals surface area contributed by atoms with Crippen molar-refractivity contribution in [2.45, 2.75) is 13.5 Å². The van der Waals surface area contributed by atoms with Gasteiger partial charge >= 0.3 is 5.97 Å². The van der Waals surface area contributed by atoms with Gasteiger partial charge < -0.3 is 15.2 Å². The topological polar surface area (TPSA) is 61.5 Å². The molecule has 5 heteroatoms. The summed E-state index contributed by atoms with van der Waals surface area (Å²) in [5.74, 6) is 0.0289. The number of rotatable bonds is 5. The highest BCUT2D eigenvalue weighted by Gasteiger charge is 2.14. The molecule has 4 nitrogen and oxygen atoms in total. The van der Waals surface area contributed by atoms with E-state index in [4.69, 9.17) is 15.2 Å². The maximum atomic E-state index is 11.9. The molecule has 0 amide bonds. The lowest BCUT2D eigenvalue weighted by molar-refractivity contribution is 0.0521. The Morgan fingerprint density at radius 2 is 1.90 bits per heavy atom. The van der Waals surface area contributed by atoms with Crippen LogP contribution in [0.3, 0.4) is 0 Å². The van der Waals surface area contributed by atoms with E-state index in [1.165, 1.54) is 0 Å². The van der Waals surface area contributed by atoms with Gasteiger partial charge in [-0.1, -0.05) is 28.1 Å². The van der Waals surface area contributed by atoms with Gasteiger partial charge in [0.15, 0.2) is 0 Å². The van der Waals surface area contributed by atoms with Crippen molar-refractivity contribution >= 4 is 27.6 Å². The molecule has 0 spiro atoms. The molecule has 0 bridgehead atoms. The third kappa shape index (κ3) is 4.23. The largest absolute Gasteiger partial charge is 0.488 e. The number of nitrogen functional groups attached to an aromatic ring is 1. The maximum absolute atomic E-state index is 11.9. The molecule has 0 atom stereocenters. The van der Waals surface area contributed by atoms with E-state index in [2.05, 4.69) is 15.9 Å². The van der Waals surface area contributed by atoms with Crippen molar-refractivity contribution in [3.63, 3.8) is 0 Å². The number of anilines is 1. The van der Waals surface area contributed by atoms with E-state index in [-0.39, 0.29) is 0 Å². The summed E-state index contributed by atoms with van der Waals surface area (Å²) in [5, 5.41) is 0. The molecule has 0 radical (unpaired) electrons. The van der Waals surface area contributed by atoms with Crippen molar-refractivity contribution in [1.82, 2.24) is 0 Å². The first kappa shape index (κ1) is 15.4. The first-order valence-corrected chi connectivity index (χ1v) is 7.33. The first-order chi connectivity index (χ1) is 10.1. The van der Waals surface area contributed by atoms with Crippen LogP contribution in [-0.2, 0) is 11.3 Å². The zero-order valence-electron chi connectivity index (χ0n) is 11.6. The van der Waals surface area contributed by atoms with Gasteiger partial charge in [-0.3, -0.25) is 0 Å². The zero-order valence-corrected chi connectivity index (χ0v) is 13.2. The highest BCUT2D eigenvalue weighted by Crippen LogP contribution is 2.23. The number of carbonyl (C=O) groups excluding carboxylic acids is 1. The Balaban J connectivity index is 2.15. The number of hydrogen-bond donors (Lipinski definition) is 1. The molecule has 0 aliphatic carbocycles. The van der Waals surface area contributed by atoms with Gasteiger partial charge in [0, 0.05) is 10.2 Å². The van der Waals surface area contributed by atoms with E-state index in [9.17, 15) is 4.79 Å². The van der Waals surface area contributed by atoms with Gasteiger partial charge in [-0.15, -0.1) is 0 Å². The number of halogens is 1. The summed E-state index contributed by atoms with van der Waals surface area (Å²) in [4.78, 5) is 11.9. The van der Waals surface area contributed by atoms with Crippen molar-refractivity contribution in [2.75, 3.05) is 12.3 Å². The third-order valence-electron chi connectivity index (χ3n) is 2.81. The summed E-state index contributed by atoms with van der Waals surface area (Å²) in [6.07, 6.45) is 0. The molecule has 110 valence electrons. The molecule has 0 aliphatic heterocycles. The molecular weight excluding hydrogens is 334 g/mol. The van der Waals surface area contributed by atoms with Crippen molar-refractivity contribution < 1.29 is 14.3 Å². The van der Waals surface area contributed by atoms with Crippen molar-refractivity contribution in [3.05, 3.63) is 58.1 Å². The van der Waals surface area contributed by atoms with E-state index in [0.29, 0.717) is 30.2 Å². The maximum Gasteiger partial charge on any atom is 0.341 e. The predicted molar refractivity (Wildman–Crippen MR) is 85.3 cm³/mol. The van der Waals surface area contributed by atoms with Gasteiger partial charge in [0.1, 0.15) is 17.9 Å². The van der Waals surface area contributed by atoms with Gasteiger partial charge in [-0.2, -0.15) is 0 Å². The zero-order chi connectivity index (χ0) is 15.2. The summed E-state index contributed by atoms with van der Waals surface area (Å²) in [6, 6.07) is 12.7. The molecule has 2 N–H and O–H groups in total. The molecule has 0 aromatic heterocycles. The minimum atomic E-state index is -0.435. The second-order valence-corrected chi connectivity index (χ2v) is 5.31. The van der Waals surface area contributed by atoms with Crippen LogP contribution in [0.5, 0.6) is 5.75 Å². The van der Waals surface area contributed by atoms with E-state index in [0.717, 1.165) is 10.0 Å². The summed E-state index contributed by atoms with van der Waals surface area (Å²) in [5.41, 5.74) is 7.56. The third-order valence-corrected chi connectivity index (χ3v) is 3.34. The Labute approximate surface area is 132 Å². The summed E-state index contributed by atoms with van der Waals surface area (Å²) in [6.45, 7) is 2.43. The summed E-state index contributed by atoms with van der Waals surface area (Å²) < 4.78 is 11.7. The van der Waals surface area contributed by atoms with Gasteiger partial charge in [0.05, 0.1) is 6.61 Å². The molecule has 2 aromatic carbocycles. The van der Waals surface area contributed by atoms with E-state index >= 15 is 0 Å². The lowest BCUT2D eigenvalue weighted by Gasteiger charge is -2.11. The van der Waals surface area contributed by atoms with Crippen molar-refractivity contribution in [2.24, 2.45) is 0 Å². The number of benzene rings is 2. The van der Waals surface area contributed by atoms with Gasteiger partial charge in [0.2, 0.25) is 0 Å². The van der Waals surface area contributed by atoms with Gasteiger partial charge in [-0.05, 0) is 42.8 Å². The van der Waals surface area contributed by atoms with Gasteiger partial charge in [0.25, 0.3) is 0 Å². The number of nitrogens with two attached hydrogens (primary N) is 1. The molecule has 2 rings (SSSR count). The predicted octanol–water partition coefficient (Wildman–Crippen LogP) is 3.79. The van der Waals surface area contributed by atoms with Crippen LogP contribution >= 0.6 is 15.9 Å². The molecule has 0 saturated heterocycles. The van der Waals surface area contributed by atoms with Crippen LogP contribution in [0.2, 0.25) is 0 Å². The van der Waals surface area contributed by atoms with Gasteiger partial charge in [-0.25, -0.2) is 4.79 Å². The van der Waals surface area contributed by atoms with Crippen LogP contribution in [0.4, 0.5) is 5.69 Å². The molecule has 0 aliphatic rings. The number of carbonyl (C=O) groups is 1. The van der Waals surface area contributed by atoms with E-state index < -0.39 is 5.97 Å². The molecule has 21 heavy (non-hydrogen) atoms. The molecule has 2 aromatic rings. The minimum Gasteiger partial charge on any atom is -0.488 e. The lowest BCUT2D eigenvalue weighted by atomic mass is 10.1. The van der Waals surface area contributed by atoms with E-state index in [1.807, 2.05) is 24.3 Å². The standard InChI is InChI=1S/C16H16BrNO3/c1-2-20-16(19)14-9-13(18)7-8-15(14)21-10-11-3-5-12(17)6-4-11/h3-9H,2,10,18H2,1H3. The Kier molecular flexibility index (Phi) is 5.22. The normalized spacial score (nSPS) is 10.2. The fraction of sp³-hybridized carbons (Fsp3) is 0.188. The number of ether oxygens (including phenoxy) is 2. The molecule has 0 fully saturated rings. The number of esters is 1. The summed E-state index contributed by atoms with van der Waals surface area (Å²) >= 11 is 3.38. The Bertz CT molecular complexity index is 626. The minimum absolute atomic E-state index is 0.305. The van der Waals surface area contributed by atoms with Crippen molar-refractivity contribution in [3.8, 4) is 5.75 Å². The van der Waals surface area contributed by atoms with Crippen LogP contribution in [0, 0.1) is 0 Å². The number of hydrogen-bond acceptors (Lipinski definition) is 4. The van der Waals surface area contributed by atoms with Crippen LogP contribution in [0.25, 0.3) is 0 Å². The molecule has 0 saturated carbocycles. The molecule has 0 heterocycles. The van der Waals surface area contributed by atoms with E-state index in [1.54, 1.807) is 25.1 Å². The monoisotopic (exact) mass is 349 g/mol. The first-order valence-electron chi connectivity index (χ1n) is 6.54. The molecule has 0 unspecified atom stereocenters.